The van der Waals surface area contributed by atoms with Crippen LogP contribution in [0.3, 0.4) is 0 Å². The van der Waals surface area contributed by atoms with Crippen LogP contribution in [0.1, 0.15) is 397 Å². The van der Waals surface area contributed by atoms with Gasteiger partial charge in [0.25, 0.3) is 0 Å². The number of allylic oxidation sites excluding steroid dienone is 16. The van der Waals surface area contributed by atoms with Crippen molar-refractivity contribution in [2.45, 2.75) is 400 Å². The van der Waals surface area contributed by atoms with Crippen LogP contribution in [0, 0.1) is 0 Å². The van der Waals surface area contributed by atoms with Crippen LogP contribution in [0.25, 0.3) is 0 Å². The number of aryl methyl sites for hydroxylation is 2. The van der Waals surface area contributed by atoms with Gasteiger partial charge in [0.05, 0.1) is 26.4 Å². The van der Waals surface area contributed by atoms with Crippen LogP contribution in [0.5, 0.6) is 23.0 Å². The molecule has 2 aromatic rings. The maximum Gasteiger partial charge on any atom is 0.508 e. The molecule has 0 heterocycles. The van der Waals surface area contributed by atoms with Crippen molar-refractivity contribution in [3.8, 4) is 23.0 Å². The minimum Gasteiger partial charge on any atom is -0.493 e. The molecule has 0 aliphatic carbocycles. The first kappa shape index (κ1) is 101. The molecule has 0 bridgehead atoms. The molecule has 0 saturated heterocycles. The highest BCUT2D eigenvalue weighted by molar-refractivity contribution is 5.61. The van der Waals surface area contributed by atoms with Gasteiger partial charge < -0.3 is 38.2 Å². The van der Waals surface area contributed by atoms with E-state index >= 15 is 0 Å². The predicted octanol–water partition coefficient (Wildman–Crippen LogP) is 30.9. The molecule has 9 nitrogen and oxygen atoms in total. The standard InChI is InChI=1S/C101H172N2O7/c1-9-13-17-21-25-29-33-37-41-45-49-53-57-61-65-75-83-105-97-89-95(99(87-93(97)79-71-69-73-81-102(5)6)107-85-77-67-63-59-55-51-47-43-39-35-31-27-23-19-15-11-3)91-109-101(104)110-92-96-90-98(106-84-76-66-62-58-54-50-46-42-38-34-30-26-22-18-14-10-2)94(80-72-70-74-82-103(7)8)88-100(96)108-86-78-68-64-60-56-52-48-44-40-36-32-28-24-20-16-12-4/h25-32,37-44,87-90H,9-24,33-36,45-86,91-92H2,1-8H3/b29-25-,30-26-,31-27-,32-28-,41-37-,42-38-,43-39-,44-40-. The van der Waals surface area contributed by atoms with E-state index in [1.807, 2.05) is 0 Å². The summed E-state index contributed by atoms with van der Waals surface area (Å²) in [7, 11) is 8.62. The summed E-state index contributed by atoms with van der Waals surface area (Å²) in [5.41, 5.74) is 3.93. The Labute approximate surface area is 680 Å². The van der Waals surface area contributed by atoms with Crippen LogP contribution in [-0.4, -0.2) is 83.7 Å². The zero-order chi connectivity index (χ0) is 79.0. The summed E-state index contributed by atoms with van der Waals surface area (Å²) in [6.45, 7) is 13.7. The van der Waals surface area contributed by atoms with E-state index in [0.29, 0.717) is 26.4 Å². The van der Waals surface area contributed by atoms with Crippen molar-refractivity contribution in [2.24, 2.45) is 0 Å². The van der Waals surface area contributed by atoms with Gasteiger partial charge in [-0.05, 0) is 269 Å². The summed E-state index contributed by atoms with van der Waals surface area (Å²) in [6, 6.07) is 8.59. The summed E-state index contributed by atoms with van der Waals surface area (Å²) in [5, 5.41) is 0. The molecule has 0 spiro atoms. The van der Waals surface area contributed by atoms with E-state index in [-0.39, 0.29) is 13.2 Å². The lowest BCUT2D eigenvalue weighted by Crippen LogP contribution is -2.13. The van der Waals surface area contributed by atoms with Gasteiger partial charge >= 0.3 is 6.16 Å². The van der Waals surface area contributed by atoms with Crippen molar-refractivity contribution in [1.29, 1.82) is 0 Å². The van der Waals surface area contributed by atoms with Gasteiger partial charge in [0.1, 0.15) is 36.2 Å². The Kier molecular flexibility index (Phi) is 72.4. The molecule has 0 aliphatic heterocycles. The first-order chi connectivity index (χ1) is 54.2. The average Bonchev–Trinajstić information content (AvgIpc) is 0.833. The molecule has 0 radical (unpaired) electrons. The minimum absolute atomic E-state index is 0.00841. The molecule has 9 heteroatoms. The molecular formula is C101H172N2O7. The second-order valence-corrected chi connectivity index (χ2v) is 31.9. The van der Waals surface area contributed by atoms with E-state index in [1.54, 1.807) is 0 Å². The third kappa shape index (κ3) is 64.2. The van der Waals surface area contributed by atoms with E-state index in [2.05, 4.69) is 187 Å². The SMILES string of the molecule is CCCCC/C=C\C/C=C\CCCCCCCCOc1cc(COC(=O)OCc2cc(OCCCCCCCC/C=C\C/C=C\CCCCC)c(CCCCCN(C)C)cc2OCCCCCCCC/C=C\C/C=C\CCCCC)c(OCCCCCCCC/C=C\C/C=C\CCCCC)cc1CCCCCN(C)C. The number of hydrogen-bond acceptors (Lipinski definition) is 9. The van der Waals surface area contributed by atoms with Crippen molar-refractivity contribution in [3.05, 3.63) is 144 Å². The maximum absolute atomic E-state index is 14.1. The van der Waals surface area contributed by atoms with Crippen molar-refractivity contribution in [3.63, 3.8) is 0 Å². The average molecular weight is 1530 g/mol. The van der Waals surface area contributed by atoms with Gasteiger partial charge in [-0.2, -0.15) is 0 Å². The summed E-state index contributed by atoms with van der Waals surface area (Å²) < 4.78 is 39.3. The van der Waals surface area contributed by atoms with Gasteiger partial charge in [0.2, 0.25) is 0 Å². The van der Waals surface area contributed by atoms with Gasteiger partial charge in [-0.15, -0.1) is 0 Å². The third-order valence-electron chi connectivity index (χ3n) is 20.7. The van der Waals surface area contributed by atoms with Gasteiger partial charge in [-0.3, -0.25) is 0 Å². The monoisotopic (exact) mass is 1530 g/mol. The van der Waals surface area contributed by atoms with E-state index in [9.17, 15) is 4.79 Å². The van der Waals surface area contributed by atoms with E-state index < -0.39 is 6.16 Å². The Bertz CT molecular complexity index is 2450. The number of ether oxygens (including phenoxy) is 6. The summed E-state index contributed by atoms with van der Waals surface area (Å²) in [4.78, 5) is 18.7. The van der Waals surface area contributed by atoms with Crippen LogP contribution >= 0.6 is 0 Å². The van der Waals surface area contributed by atoms with Gasteiger partial charge in [-0.1, -0.05) is 292 Å². The molecule has 2 rings (SSSR count). The Balaban J connectivity index is 2.33. The molecule has 628 valence electrons. The number of carbonyl (C=O) groups is 1. The van der Waals surface area contributed by atoms with Crippen molar-refractivity contribution in [2.75, 3.05) is 67.7 Å². The van der Waals surface area contributed by atoms with Crippen LogP contribution in [0.2, 0.25) is 0 Å². The molecule has 0 saturated carbocycles. The molecule has 0 amide bonds. The van der Waals surface area contributed by atoms with Gasteiger partial charge in [0, 0.05) is 11.1 Å². The first-order valence-corrected chi connectivity index (χ1v) is 46.3. The molecule has 110 heavy (non-hydrogen) atoms. The third-order valence-corrected chi connectivity index (χ3v) is 20.7. The second kappa shape index (κ2) is 79.0. The van der Waals surface area contributed by atoms with E-state index in [4.69, 9.17) is 28.4 Å². The summed E-state index contributed by atoms with van der Waals surface area (Å²) >= 11 is 0. The summed E-state index contributed by atoms with van der Waals surface area (Å²) in [6.07, 6.45) is 103. The number of unbranched alkanes of at least 4 members (excludes halogenated alkanes) is 40. The quantitative estimate of drug-likeness (QED) is 0.0366. The summed E-state index contributed by atoms with van der Waals surface area (Å²) in [5.74, 6) is 3.28. The molecule has 0 aromatic heterocycles. The van der Waals surface area contributed by atoms with Crippen LogP contribution in [0.4, 0.5) is 4.79 Å². The Morgan fingerprint density at radius 1 is 0.255 bits per heavy atom. The van der Waals surface area contributed by atoms with Gasteiger partial charge in [-0.25, -0.2) is 4.79 Å². The van der Waals surface area contributed by atoms with Crippen molar-refractivity contribution >= 4 is 6.16 Å². The smallest absolute Gasteiger partial charge is 0.493 e. The number of carbonyl (C=O) groups excluding carboxylic acids is 1. The lowest BCUT2D eigenvalue weighted by atomic mass is 10.0. The highest BCUT2D eigenvalue weighted by Crippen LogP contribution is 2.35. The Hall–Kier alpha value is -5.25. The Morgan fingerprint density at radius 3 is 0.709 bits per heavy atom. The lowest BCUT2D eigenvalue weighted by molar-refractivity contribution is 0.0434. The fourth-order valence-electron chi connectivity index (χ4n) is 13.7. The number of rotatable bonds is 80. The van der Waals surface area contributed by atoms with Crippen LogP contribution in [-0.2, 0) is 35.5 Å². The maximum atomic E-state index is 14.1. The van der Waals surface area contributed by atoms with Crippen LogP contribution in [0.15, 0.2) is 121 Å². The molecule has 0 N–H and O–H groups in total. The first-order valence-electron chi connectivity index (χ1n) is 46.3. The largest absolute Gasteiger partial charge is 0.508 e. The minimum atomic E-state index is -0.722. The van der Waals surface area contributed by atoms with Gasteiger partial charge in [0.15, 0.2) is 0 Å². The van der Waals surface area contributed by atoms with Crippen molar-refractivity contribution < 1.29 is 33.2 Å². The fraction of sp³-hybridized carbons (Fsp3) is 0.713. The normalized spacial score (nSPS) is 12.2. The number of nitrogens with zero attached hydrogens (tertiary/aromatic N) is 2. The van der Waals surface area contributed by atoms with E-state index in [1.165, 1.54) is 205 Å². The molecular weight excluding hydrogens is 1350 g/mol. The van der Waals surface area contributed by atoms with Crippen LogP contribution < -0.4 is 18.9 Å². The fourth-order valence-corrected chi connectivity index (χ4v) is 13.7. The highest BCUT2D eigenvalue weighted by atomic mass is 16.7. The van der Waals surface area contributed by atoms with E-state index in [0.717, 1.165) is 212 Å². The highest BCUT2D eigenvalue weighted by Gasteiger charge is 2.19. The molecule has 0 atom stereocenters. The Morgan fingerprint density at radius 2 is 0.464 bits per heavy atom. The van der Waals surface area contributed by atoms with Crippen molar-refractivity contribution in [1.82, 2.24) is 9.80 Å². The lowest BCUT2D eigenvalue weighted by Gasteiger charge is -2.19. The molecule has 0 fully saturated rings. The zero-order valence-electron chi connectivity index (χ0n) is 73.1. The molecule has 2 aromatic carbocycles. The number of benzene rings is 2. The molecule has 0 aliphatic rings. The number of hydrogen-bond donors (Lipinski definition) is 0. The second-order valence-electron chi connectivity index (χ2n) is 31.9. The predicted molar refractivity (Wildman–Crippen MR) is 479 cm³/mol. The zero-order valence-corrected chi connectivity index (χ0v) is 73.1. The molecule has 0 unspecified atom stereocenters. The topological polar surface area (TPSA) is 78.9 Å².